The Hall–Kier alpha value is -0.470. The van der Waals surface area contributed by atoms with E-state index in [0.717, 1.165) is 29.7 Å². The van der Waals surface area contributed by atoms with Gasteiger partial charge in [0.1, 0.15) is 0 Å². The monoisotopic (exact) mass is 262 g/mol. The van der Waals surface area contributed by atoms with E-state index in [4.69, 9.17) is 0 Å². The number of hydrogen-bond acceptors (Lipinski definition) is 2. The van der Waals surface area contributed by atoms with Gasteiger partial charge in [0.2, 0.25) is 0 Å². The van der Waals surface area contributed by atoms with Crippen LogP contribution >= 0.6 is 11.8 Å². The average Bonchev–Trinajstić information content (AvgIpc) is 3.01. The van der Waals surface area contributed by atoms with Crippen molar-refractivity contribution in [1.29, 1.82) is 0 Å². The van der Waals surface area contributed by atoms with Gasteiger partial charge in [-0.25, -0.2) is 0 Å². The number of aliphatic hydroxyl groups excluding tert-OH is 1. The van der Waals surface area contributed by atoms with Crippen LogP contribution in [-0.2, 0) is 0 Å². The molecule has 2 aliphatic rings. The maximum Gasteiger partial charge on any atom is 0.0792 e. The number of aliphatic hydroxyl groups is 1. The van der Waals surface area contributed by atoms with Crippen LogP contribution in [0.2, 0.25) is 0 Å². The van der Waals surface area contributed by atoms with Crippen molar-refractivity contribution in [3.8, 4) is 0 Å². The normalized spacial score (nSPS) is 31.8. The molecule has 0 heterocycles. The Morgan fingerprint density at radius 1 is 1.22 bits per heavy atom. The predicted molar refractivity (Wildman–Crippen MR) is 76.7 cm³/mol. The minimum absolute atomic E-state index is 0.259. The SMILES string of the molecule is CSc1ccc(C(O)CC2CC3CCC2C3)cc1. The summed E-state index contributed by atoms with van der Waals surface area (Å²) in [4.78, 5) is 1.27. The fourth-order valence-electron chi connectivity index (χ4n) is 3.91. The van der Waals surface area contributed by atoms with E-state index in [1.807, 2.05) is 0 Å². The number of rotatable bonds is 4. The molecule has 2 heteroatoms. The van der Waals surface area contributed by atoms with E-state index in [1.165, 1.54) is 30.6 Å². The third-order valence-corrected chi connectivity index (χ3v) is 5.65. The number of hydrogen-bond donors (Lipinski definition) is 1. The van der Waals surface area contributed by atoms with Gasteiger partial charge < -0.3 is 5.11 Å². The Kier molecular flexibility index (Phi) is 3.67. The van der Waals surface area contributed by atoms with Crippen LogP contribution in [0.5, 0.6) is 0 Å². The van der Waals surface area contributed by atoms with Gasteiger partial charge in [0.05, 0.1) is 6.10 Å². The number of thioether (sulfide) groups is 1. The standard InChI is InChI=1S/C16H22OS/c1-18-15-6-4-12(5-7-15)16(17)10-14-9-11-2-3-13(14)8-11/h4-7,11,13-14,16-17H,2-3,8-10H2,1H3. The van der Waals surface area contributed by atoms with Gasteiger partial charge >= 0.3 is 0 Å². The molecule has 1 aromatic carbocycles. The molecule has 0 radical (unpaired) electrons. The van der Waals surface area contributed by atoms with Crippen LogP contribution in [0.1, 0.15) is 43.8 Å². The van der Waals surface area contributed by atoms with Crippen LogP contribution in [0.4, 0.5) is 0 Å². The molecule has 3 rings (SSSR count). The first-order valence-corrected chi connectivity index (χ1v) is 8.30. The zero-order valence-corrected chi connectivity index (χ0v) is 11.8. The maximum absolute atomic E-state index is 10.4. The third kappa shape index (κ3) is 2.46. The molecule has 1 N–H and O–H groups in total. The van der Waals surface area contributed by atoms with Crippen molar-refractivity contribution in [1.82, 2.24) is 0 Å². The zero-order valence-electron chi connectivity index (χ0n) is 11.0. The van der Waals surface area contributed by atoms with E-state index in [-0.39, 0.29) is 6.10 Å². The number of benzene rings is 1. The summed E-state index contributed by atoms with van der Waals surface area (Å²) in [6.45, 7) is 0. The molecule has 98 valence electrons. The highest BCUT2D eigenvalue weighted by atomic mass is 32.2. The molecule has 2 bridgehead atoms. The quantitative estimate of drug-likeness (QED) is 0.818. The van der Waals surface area contributed by atoms with Crippen molar-refractivity contribution in [2.45, 2.75) is 43.1 Å². The second-order valence-electron chi connectivity index (χ2n) is 5.96. The largest absolute Gasteiger partial charge is 0.388 e. The smallest absolute Gasteiger partial charge is 0.0792 e. The lowest BCUT2D eigenvalue weighted by atomic mass is 9.83. The number of fused-ring (bicyclic) bond motifs is 2. The Morgan fingerprint density at radius 3 is 2.56 bits per heavy atom. The highest BCUT2D eigenvalue weighted by molar-refractivity contribution is 7.98. The van der Waals surface area contributed by atoms with Crippen molar-refractivity contribution in [2.75, 3.05) is 6.26 Å². The Morgan fingerprint density at radius 2 is 2.00 bits per heavy atom. The minimum atomic E-state index is -0.259. The lowest BCUT2D eigenvalue weighted by Crippen LogP contribution is -2.14. The molecule has 2 saturated carbocycles. The lowest BCUT2D eigenvalue weighted by molar-refractivity contribution is 0.125. The van der Waals surface area contributed by atoms with E-state index in [9.17, 15) is 5.11 Å². The van der Waals surface area contributed by atoms with Gasteiger partial charge in [-0.1, -0.05) is 18.6 Å². The summed E-state index contributed by atoms with van der Waals surface area (Å²) >= 11 is 1.75. The Labute approximate surface area is 114 Å². The lowest BCUT2D eigenvalue weighted by Gasteiger charge is -2.24. The molecule has 0 aromatic heterocycles. The van der Waals surface area contributed by atoms with E-state index >= 15 is 0 Å². The van der Waals surface area contributed by atoms with Gasteiger partial charge in [-0.2, -0.15) is 0 Å². The predicted octanol–water partition coefficient (Wildman–Crippen LogP) is 4.27. The summed E-state index contributed by atoms with van der Waals surface area (Å²) in [6.07, 6.45) is 8.45. The fourth-order valence-corrected chi connectivity index (χ4v) is 4.32. The van der Waals surface area contributed by atoms with Crippen molar-refractivity contribution >= 4 is 11.8 Å². The highest BCUT2D eigenvalue weighted by Gasteiger charge is 2.39. The summed E-state index contributed by atoms with van der Waals surface area (Å²) < 4.78 is 0. The van der Waals surface area contributed by atoms with Crippen molar-refractivity contribution < 1.29 is 5.11 Å². The molecular formula is C16H22OS. The molecule has 0 amide bonds. The molecule has 4 atom stereocenters. The Bertz CT molecular complexity index is 400. The molecule has 4 unspecified atom stereocenters. The summed E-state index contributed by atoms with van der Waals surface area (Å²) in [6, 6.07) is 8.40. The van der Waals surface area contributed by atoms with E-state index in [1.54, 1.807) is 11.8 Å². The van der Waals surface area contributed by atoms with Crippen LogP contribution in [0.3, 0.4) is 0 Å². The molecule has 1 aromatic rings. The van der Waals surface area contributed by atoms with Gasteiger partial charge in [-0.3, -0.25) is 0 Å². The van der Waals surface area contributed by atoms with Crippen LogP contribution in [0.15, 0.2) is 29.2 Å². The second-order valence-corrected chi connectivity index (χ2v) is 6.84. The van der Waals surface area contributed by atoms with E-state index in [2.05, 4.69) is 30.5 Å². The first kappa shape index (κ1) is 12.6. The summed E-state index contributed by atoms with van der Waals surface area (Å²) in [7, 11) is 0. The van der Waals surface area contributed by atoms with Gasteiger partial charge in [0, 0.05) is 4.90 Å². The first-order valence-electron chi connectivity index (χ1n) is 7.08. The van der Waals surface area contributed by atoms with Crippen molar-refractivity contribution in [3.05, 3.63) is 29.8 Å². The second kappa shape index (κ2) is 5.26. The highest BCUT2D eigenvalue weighted by Crippen LogP contribution is 2.50. The third-order valence-electron chi connectivity index (χ3n) is 4.91. The summed E-state index contributed by atoms with van der Waals surface area (Å²) in [5.74, 6) is 2.67. The maximum atomic E-state index is 10.4. The fraction of sp³-hybridized carbons (Fsp3) is 0.625. The van der Waals surface area contributed by atoms with Crippen LogP contribution in [-0.4, -0.2) is 11.4 Å². The molecule has 0 aliphatic heterocycles. The average molecular weight is 262 g/mol. The van der Waals surface area contributed by atoms with Crippen molar-refractivity contribution in [2.24, 2.45) is 17.8 Å². The summed E-state index contributed by atoms with van der Waals surface area (Å²) in [5, 5.41) is 10.4. The zero-order chi connectivity index (χ0) is 12.5. The topological polar surface area (TPSA) is 20.2 Å². The van der Waals surface area contributed by atoms with Gasteiger partial charge in [-0.05, 0) is 67.4 Å². The van der Waals surface area contributed by atoms with Crippen LogP contribution in [0, 0.1) is 17.8 Å². The van der Waals surface area contributed by atoms with Crippen LogP contribution < -0.4 is 0 Å². The molecular weight excluding hydrogens is 240 g/mol. The molecule has 0 spiro atoms. The Balaban J connectivity index is 1.62. The molecule has 1 nitrogen and oxygen atoms in total. The van der Waals surface area contributed by atoms with E-state index in [0.29, 0.717) is 0 Å². The van der Waals surface area contributed by atoms with Crippen LogP contribution in [0.25, 0.3) is 0 Å². The van der Waals surface area contributed by atoms with Crippen molar-refractivity contribution in [3.63, 3.8) is 0 Å². The summed E-state index contributed by atoms with van der Waals surface area (Å²) in [5.41, 5.74) is 1.09. The molecule has 18 heavy (non-hydrogen) atoms. The first-order chi connectivity index (χ1) is 8.76. The molecule has 0 saturated heterocycles. The van der Waals surface area contributed by atoms with Gasteiger partial charge in [0.15, 0.2) is 0 Å². The van der Waals surface area contributed by atoms with Gasteiger partial charge in [-0.15, -0.1) is 11.8 Å². The van der Waals surface area contributed by atoms with Gasteiger partial charge in [0.25, 0.3) is 0 Å². The molecule has 2 aliphatic carbocycles. The molecule has 2 fully saturated rings. The van der Waals surface area contributed by atoms with E-state index < -0.39 is 0 Å². The minimum Gasteiger partial charge on any atom is -0.388 e.